The Morgan fingerprint density at radius 2 is 1.86 bits per heavy atom. The van der Waals surface area contributed by atoms with Crippen molar-refractivity contribution in [2.75, 3.05) is 11.9 Å². The molecule has 10 heteroatoms. The molecule has 2 amide bonds. The largest absolute Gasteiger partial charge is 0.508 e. The number of nitrogens with one attached hydrogen (secondary N) is 1. The van der Waals surface area contributed by atoms with Crippen LogP contribution >= 0.6 is 24.0 Å². The Morgan fingerprint density at radius 3 is 2.48 bits per heavy atom. The Bertz CT molecular complexity index is 1000. The fraction of sp³-hybridized carbons (Fsp3) is 0.105. The monoisotopic (exact) mass is 429 g/mol. The summed E-state index contributed by atoms with van der Waals surface area (Å²) in [5.74, 6) is -0.500. The Hall–Kier alpha value is -3.24. The number of non-ortho nitro benzene ring substituents is 1. The molecule has 0 aromatic heterocycles. The minimum atomic E-state index is -0.494. The molecule has 0 atom stereocenters. The maximum absolute atomic E-state index is 12.6. The number of phenols is 1. The summed E-state index contributed by atoms with van der Waals surface area (Å²) in [6, 6.07) is 11.9. The number of phenolic OH excluding ortho intramolecular Hbond substituents is 1. The Kier molecular flexibility index (Phi) is 6.25. The summed E-state index contributed by atoms with van der Waals surface area (Å²) in [6.07, 6.45) is 1.66. The minimum absolute atomic E-state index is 0.0330. The predicted octanol–water partition coefficient (Wildman–Crippen LogP) is 3.53. The predicted molar refractivity (Wildman–Crippen MR) is 114 cm³/mol. The summed E-state index contributed by atoms with van der Waals surface area (Å²) in [4.78, 5) is 36.7. The molecule has 0 unspecified atom stereocenters. The third kappa shape index (κ3) is 5.18. The second-order valence-corrected chi connectivity index (χ2v) is 7.70. The second kappa shape index (κ2) is 8.84. The summed E-state index contributed by atoms with van der Waals surface area (Å²) < 4.78 is 0.348. The molecule has 3 rings (SSSR count). The van der Waals surface area contributed by atoms with Gasteiger partial charge in [-0.25, -0.2) is 0 Å². The van der Waals surface area contributed by atoms with Crippen LogP contribution in [0.4, 0.5) is 11.4 Å². The highest BCUT2D eigenvalue weighted by molar-refractivity contribution is 8.26. The molecule has 1 fully saturated rings. The lowest BCUT2D eigenvalue weighted by molar-refractivity contribution is -0.384. The molecule has 29 heavy (non-hydrogen) atoms. The van der Waals surface area contributed by atoms with Crippen molar-refractivity contribution in [2.45, 2.75) is 6.42 Å². The first kappa shape index (κ1) is 20.5. The highest BCUT2D eigenvalue weighted by Crippen LogP contribution is 2.32. The van der Waals surface area contributed by atoms with E-state index in [9.17, 15) is 24.8 Å². The number of carbonyl (C=O) groups is 2. The molecular formula is C19H15N3O5S2. The third-order valence-electron chi connectivity index (χ3n) is 3.99. The molecule has 0 bridgehead atoms. The zero-order chi connectivity index (χ0) is 21.0. The van der Waals surface area contributed by atoms with Gasteiger partial charge in [0.05, 0.1) is 9.83 Å². The normalized spacial score (nSPS) is 15.0. The van der Waals surface area contributed by atoms with Gasteiger partial charge < -0.3 is 10.4 Å². The number of benzene rings is 2. The topological polar surface area (TPSA) is 113 Å². The van der Waals surface area contributed by atoms with Crippen molar-refractivity contribution >= 4 is 57.6 Å². The highest BCUT2D eigenvalue weighted by Gasteiger charge is 2.32. The second-order valence-electron chi connectivity index (χ2n) is 6.03. The number of nitro groups is 1. The first-order valence-corrected chi connectivity index (χ1v) is 9.64. The molecule has 8 nitrogen and oxygen atoms in total. The molecule has 2 aromatic rings. The summed E-state index contributed by atoms with van der Waals surface area (Å²) >= 11 is 6.36. The van der Waals surface area contributed by atoms with E-state index < -0.39 is 4.92 Å². The van der Waals surface area contributed by atoms with Gasteiger partial charge in [-0.3, -0.25) is 24.6 Å². The number of carbonyl (C=O) groups excluding carboxylic acids is 2. The number of rotatable bonds is 6. The quantitative estimate of drug-likeness (QED) is 0.237. The molecule has 1 heterocycles. The van der Waals surface area contributed by atoms with E-state index >= 15 is 0 Å². The maximum Gasteiger partial charge on any atom is 0.269 e. The van der Waals surface area contributed by atoms with Gasteiger partial charge in [0, 0.05) is 30.8 Å². The van der Waals surface area contributed by atoms with E-state index in [-0.39, 0.29) is 36.2 Å². The van der Waals surface area contributed by atoms with Gasteiger partial charge in [-0.1, -0.05) is 24.0 Å². The van der Waals surface area contributed by atoms with Crippen LogP contribution in [0.25, 0.3) is 6.08 Å². The number of thioether (sulfide) groups is 1. The molecule has 2 N–H and O–H groups in total. The molecule has 2 aromatic carbocycles. The van der Waals surface area contributed by atoms with E-state index in [4.69, 9.17) is 12.2 Å². The Morgan fingerprint density at radius 1 is 1.21 bits per heavy atom. The molecule has 148 valence electrons. The number of amides is 2. The van der Waals surface area contributed by atoms with Gasteiger partial charge >= 0.3 is 0 Å². The zero-order valence-corrected chi connectivity index (χ0v) is 16.5. The SMILES string of the molecule is O=C(CCN1C(=O)/C(=C/c2ccc([N+](=O)[O-])cc2)SC1=S)Nc1ccc(O)cc1. The van der Waals surface area contributed by atoms with Crippen LogP contribution in [0.15, 0.2) is 53.4 Å². The molecule has 1 saturated heterocycles. The van der Waals surface area contributed by atoms with Gasteiger partial charge in [0.25, 0.3) is 11.6 Å². The average Bonchev–Trinajstić information content (AvgIpc) is 2.95. The molecule has 0 aliphatic carbocycles. The van der Waals surface area contributed by atoms with E-state index in [0.717, 1.165) is 11.8 Å². The summed E-state index contributed by atoms with van der Waals surface area (Å²) in [7, 11) is 0. The smallest absolute Gasteiger partial charge is 0.269 e. The number of aromatic hydroxyl groups is 1. The van der Waals surface area contributed by atoms with Crippen LogP contribution in [0.1, 0.15) is 12.0 Å². The Balaban J connectivity index is 1.60. The van der Waals surface area contributed by atoms with Crippen LogP contribution in [-0.2, 0) is 9.59 Å². The van der Waals surface area contributed by atoms with E-state index in [1.165, 1.54) is 29.2 Å². The van der Waals surface area contributed by atoms with E-state index in [1.54, 1.807) is 30.3 Å². The number of anilines is 1. The van der Waals surface area contributed by atoms with Crippen LogP contribution in [0, 0.1) is 10.1 Å². The number of hydrogen-bond donors (Lipinski definition) is 2. The lowest BCUT2D eigenvalue weighted by atomic mass is 10.2. The van der Waals surface area contributed by atoms with Crippen LogP contribution in [0.3, 0.4) is 0 Å². The number of hydrogen-bond acceptors (Lipinski definition) is 7. The summed E-state index contributed by atoms with van der Waals surface area (Å²) in [5.41, 5.74) is 1.15. The molecule has 0 saturated carbocycles. The van der Waals surface area contributed by atoms with Crippen molar-refractivity contribution in [2.24, 2.45) is 0 Å². The Labute approximate surface area is 175 Å². The van der Waals surface area contributed by atoms with Crippen LogP contribution < -0.4 is 5.32 Å². The number of thiocarbonyl (C=S) groups is 1. The fourth-order valence-corrected chi connectivity index (χ4v) is 3.83. The highest BCUT2D eigenvalue weighted by atomic mass is 32.2. The van der Waals surface area contributed by atoms with Gasteiger partial charge in [0.2, 0.25) is 5.91 Å². The van der Waals surface area contributed by atoms with Gasteiger partial charge in [0.1, 0.15) is 10.1 Å². The van der Waals surface area contributed by atoms with Crippen molar-refractivity contribution in [3.8, 4) is 5.75 Å². The van der Waals surface area contributed by atoms with Crippen molar-refractivity contribution in [1.82, 2.24) is 4.90 Å². The van der Waals surface area contributed by atoms with Crippen LogP contribution in [0.5, 0.6) is 5.75 Å². The van der Waals surface area contributed by atoms with Gasteiger partial charge in [-0.05, 0) is 48.0 Å². The molecule has 0 radical (unpaired) electrons. The van der Waals surface area contributed by atoms with Gasteiger partial charge in [-0.2, -0.15) is 0 Å². The lowest BCUT2D eigenvalue weighted by Gasteiger charge is -2.14. The van der Waals surface area contributed by atoms with Gasteiger partial charge in [-0.15, -0.1) is 0 Å². The third-order valence-corrected chi connectivity index (χ3v) is 5.37. The van der Waals surface area contributed by atoms with Crippen LogP contribution in [0.2, 0.25) is 0 Å². The first-order valence-electron chi connectivity index (χ1n) is 8.42. The van der Waals surface area contributed by atoms with Crippen molar-refractivity contribution in [3.63, 3.8) is 0 Å². The summed E-state index contributed by atoms with van der Waals surface area (Å²) in [5, 5.41) is 22.7. The number of nitro benzene ring substituents is 1. The fourth-order valence-electron chi connectivity index (χ4n) is 2.52. The van der Waals surface area contributed by atoms with Crippen LogP contribution in [-0.4, -0.2) is 37.6 Å². The molecule has 1 aliphatic heterocycles. The molecule has 1 aliphatic rings. The molecule has 0 spiro atoms. The van der Waals surface area contributed by atoms with E-state index in [0.29, 0.717) is 20.5 Å². The van der Waals surface area contributed by atoms with Gasteiger partial charge in [0.15, 0.2) is 0 Å². The molecular weight excluding hydrogens is 414 g/mol. The summed E-state index contributed by atoms with van der Waals surface area (Å²) in [6.45, 7) is 0.131. The average molecular weight is 429 g/mol. The van der Waals surface area contributed by atoms with Crippen molar-refractivity contribution < 1.29 is 19.6 Å². The van der Waals surface area contributed by atoms with E-state index in [2.05, 4.69) is 5.32 Å². The van der Waals surface area contributed by atoms with E-state index in [1.807, 2.05) is 0 Å². The van der Waals surface area contributed by atoms with Crippen molar-refractivity contribution in [1.29, 1.82) is 0 Å². The lowest BCUT2D eigenvalue weighted by Crippen LogP contribution is -2.31. The van der Waals surface area contributed by atoms with Crippen molar-refractivity contribution in [3.05, 3.63) is 69.1 Å². The standard InChI is InChI=1S/C19H15N3O5S2/c23-15-7-3-13(4-8-15)20-17(24)9-10-21-18(25)16(29-19(21)28)11-12-1-5-14(6-2-12)22(26)27/h1-8,11,23H,9-10H2,(H,20,24)/b16-11-. The first-order chi connectivity index (χ1) is 13.8. The minimum Gasteiger partial charge on any atom is -0.508 e. The number of nitrogens with zero attached hydrogens (tertiary/aromatic N) is 2. The zero-order valence-electron chi connectivity index (χ0n) is 14.9. The maximum atomic E-state index is 12.6.